The first-order chi connectivity index (χ1) is 17.3. The number of Topliss-reactive ketones (excluding diaryl/α,β-unsaturated/α-hetero) is 1. The normalized spacial score (nSPS) is 16.7. The van der Waals surface area contributed by atoms with Crippen LogP contribution in [0.2, 0.25) is 0 Å². The quantitative estimate of drug-likeness (QED) is 0.248. The van der Waals surface area contributed by atoms with E-state index in [1.807, 2.05) is 93.5 Å². The number of aliphatic hydroxyl groups excluding tert-OH is 1. The van der Waals surface area contributed by atoms with Crippen LogP contribution in [0.15, 0.2) is 78.4 Å². The predicted molar refractivity (Wildman–Crippen MR) is 148 cm³/mol. The molecule has 0 aliphatic carbocycles. The number of likely N-dealkylation sites (tertiary alicyclic amines) is 1. The van der Waals surface area contributed by atoms with E-state index in [1.165, 1.54) is 0 Å². The van der Waals surface area contributed by atoms with Crippen molar-refractivity contribution in [1.29, 1.82) is 0 Å². The Morgan fingerprint density at radius 2 is 1.65 bits per heavy atom. The molecule has 1 N–H and O–H groups in total. The molecule has 1 atom stereocenters. The van der Waals surface area contributed by atoms with Gasteiger partial charge >= 0.3 is 0 Å². The summed E-state index contributed by atoms with van der Waals surface area (Å²) < 4.78 is 5.91. The van der Waals surface area contributed by atoms with Crippen molar-refractivity contribution in [2.45, 2.75) is 26.5 Å². The summed E-state index contributed by atoms with van der Waals surface area (Å²) in [4.78, 5) is 29.8. The smallest absolute Gasteiger partial charge is 0.295 e. The average molecular weight is 521 g/mol. The third kappa shape index (κ3) is 6.21. The van der Waals surface area contributed by atoms with E-state index in [-0.39, 0.29) is 23.7 Å². The number of ketones is 1. The van der Waals surface area contributed by atoms with Crippen molar-refractivity contribution in [3.8, 4) is 5.75 Å². The van der Waals surface area contributed by atoms with Crippen molar-refractivity contribution in [3.63, 3.8) is 0 Å². The molecular formula is C30H33ClN2O4. The van der Waals surface area contributed by atoms with Crippen molar-refractivity contribution in [2.24, 2.45) is 0 Å². The van der Waals surface area contributed by atoms with Crippen molar-refractivity contribution >= 4 is 29.9 Å². The van der Waals surface area contributed by atoms with Crippen LogP contribution in [-0.2, 0) is 16.2 Å². The molecule has 4 rings (SSSR count). The van der Waals surface area contributed by atoms with E-state index >= 15 is 0 Å². The Labute approximate surface area is 224 Å². The molecule has 1 amide bonds. The fourth-order valence-corrected chi connectivity index (χ4v) is 4.39. The summed E-state index contributed by atoms with van der Waals surface area (Å²) in [5.74, 6) is -0.766. The highest BCUT2D eigenvalue weighted by Crippen LogP contribution is 2.40. The third-order valence-electron chi connectivity index (χ3n) is 6.42. The predicted octanol–water partition coefficient (Wildman–Crippen LogP) is 5.29. The number of amides is 1. The summed E-state index contributed by atoms with van der Waals surface area (Å²) in [6, 6.07) is 22.3. The molecule has 0 aromatic heterocycles. The second-order valence-electron chi connectivity index (χ2n) is 9.46. The topological polar surface area (TPSA) is 70.1 Å². The summed E-state index contributed by atoms with van der Waals surface area (Å²) in [5, 5.41) is 11.4. The number of nitrogens with zero attached hydrogens (tertiary/aromatic N) is 2. The van der Waals surface area contributed by atoms with Gasteiger partial charge in [-0.3, -0.25) is 9.59 Å². The molecule has 1 aliphatic rings. The molecule has 194 valence electrons. The molecule has 37 heavy (non-hydrogen) atoms. The van der Waals surface area contributed by atoms with Crippen LogP contribution >= 0.6 is 12.4 Å². The Morgan fingerprint density at radius 3 is 2.27 bits per heavy atom. The zero-order valence-electron chi connectivity index (χ0n) is 21.6. The van der Waals surface area contributed by atoms with Crippen molar-refractivity contribution in [2.75, 3.05) is 27.2 Å². The number of hydrogen-bond donors (Lipinski definition) is 1. The number of likely N-dealkylation sites (N-methyl/N-ethyl adjacent to an activating group) is 1. The lowest BCUT2D eigenvalue weighted by molar-refractivity contribution is -0.140. The molecule has 3 aromatic carbocycles. The van der Waals surface area contributed by atoms with E-state index in [4.69, 9.17) is 4.74 Å². The first-order valence-corrected chi connectivity index (χ1v) is 12.0. The zero-order valence-corrected chi connectivity index (χ0v) is 22.4. The maximum absolute atomic E-state index is 13.2. The van der Waals surface area contributed by atoms with Crippen LogP contribution < -0.4 is 4.74 Å². The molecule has 1 saturated heterocycles. The summed E-state index contributed by atoms with van der Waals surface area (Å²) >= 11 is 0. The summed E-state index contributed by atoms with van der Waals surface area (Å²) in [6.45, 7) is 5.24. The first kappa shape index (κ1) is 28.0. The number of halogens is 1. The van der Waals surface area contributed by atoms with Gasteiger partial charge in [0.1, 0.15) is 18.1 Å². The second kappa shape index (κ2) is 12.1. The largest absolute Gasteiger partial charge is 0.507 e. The standard InChI is InChI=1S/C30H32N2O4.ClH/c1-20-10-12-23(13-11-20)27-26(29(34)30(35)32(27)17-16-31(3)4)28(33)25-15-14-24(18-21(25)2)36-19-22-8-6-5-7-9-22;/h5-15,18,27,33H,16-17,19H2,1-4H3;1H/b28-26+;. The van der Waals surface area contributed by atoms with E-state index in [1.54, 1.807) is 17.0 Å². The SMILES string of the molecule is Cc1ccc(C2/C(=C(\O)c3ccc(OCc4ccccc4)cc3C)C(=O)C(=O)N2CCN(C)C)cc1.Cl. The van der Waals surface area contributed by atoms with Crippen molar-refractivity contribution in [1.82, 2.24) is 9.80 Å². The molecule has 1 aliphatic heterocycles. The fraction of sp³-hybridized carbons (Fsp3) is 0.267. The fourth-order valence-electron chi connectivity index (χ4n) is 4.39. The van der Waals surface area contributed by atoms with E-state index < -0.39 is 17.7 Å². The number of aryl methyl sites for hydroxylation is 2. The summed E-state index contributed by atoms with van der Waals surface area (Å²) in [6.07, 6.45) is 0. The van der Waals surface area contributed by atoms with E-state index in [9.17, 15) is 14.7 Å². The van der Waals surface area contributed by atoms with Gasteiger partial charge in [-0.25, -0.2) is 0 Å². The van der Waals surface area contributed by atoms with Crippen LogP contribution in [0.3, 0.4) is 0 Å². The average Bonchev–Trinajstić information content (AvgIpc) is 3.12. The van der Waals surface area contributed by atoms with Crippen molar-refractivity contribution < 1.29 is 19.4 Å². The molecule has 0 spiro atoms. The molecular weight excluding hydrogens is 488 g/mol. The van der Waals surface area contributed by atoms with Crippen LogP contribution in [0.4, 0.5) is 0 Å². The Balaban J connectivity index is 0.00000380. The van der Waals surface area contributed by atoms with E-state index in [0.29, 0.717) is 31.0 Å². The second-order valence-corrected chi connectivity index (χ2v) is 9.46. The lowest BCUT2D eigenvalue weighted by atomic mass is 9.93. The highest BCUT2D eigenvalue weighted by atomic mass is 35.5. The number of hydrogen-bond acceptors (Lipinski definition) is 5. The number of carbonyl (C=O) groups excluding carboxylic acids is 2. The maximum atomic E-state index is 13.2. The third-order valence-corrected chi connectivity index (χ3v) is 6.42. The lowest BCUT2D eigenvalue weighted by Gasteiger charge is -2.26. The molecule has 3 aromatic rings. The number of aliphatic hydroxyl groups is 1. The summed E-state index contributed by atoms with van der Waals surface area (Å²) in [7, 11) is 3.84. The number of carbonyl (C=O) groups is 2. The van der Waals surface area contributed by atoms with Gasteiger partial charge in [-0.05, 0) is 62.8 Å². The van der Waals surface area contributed by atoms with Crippen LogP contribution in [-0.4, -0.2) is 53.8 Å². The van der Waals surface area contributed by atoms with Gasteiger partial charge in [0, 0.05) is 18.7 Å². The van der Waals surface area contributed by atoms with Gasteiger partial charge in [0.05, 0.1) is 11.6 Å². The number of ether oxygens (including phenoxy) is 1. The van der Waals surface area contributed by atoms with Crippen LogP contribution in [0, 0.1) is 13.8 Å². The van der Waals surface area contributed by atoms with Crippen LogP contribution in [0.5, 0.6) is 5.75 Å². The van der Waals surface area contributed by atoms with Gasteiger partial charge in [0.25, 0.3) is 11.7 Å². The molecule has 0 radical (unpaired) electrons. The van der Waals surface area contributed by atoms with Gasteiger partial charge in [-0.1, -0.05) is 60.2 Å². The zero-order chi connectivity index (χ0) is 25.8. The first-order valence-electron chi connectivity index (χ1n) is 12.0. The highest BCUT2D eigenvalue weighted by Gasteiger charge is 2.46. The van der Waals surface area contributed by atoms with E-state index in [0.717, 1.165) is 22.3 Å². The molecule has 1 fully saturated rings. The van der Waals surface area contributed by atoms with E-state index in [2.05, 4.69) is 0 Å². The number of rotatable bonds is 8. The lowest BCUT2D eigenvalue weighted by Crippen LogP contribution is -2.35. The Kier molecular flexibility index (Phi) is 9.14. The Bertz CT molecular complexity index is 1290. The minimum absolute atomic E-state index is 0. The van der Waals surface area contributed by atoms with Crippen LogP contribution in [0.25, 0.3) is 5.76 Å². The van der Waals surface area contributed by atoms with Crippen molar-refractivity contribution in [3.05, 3.63) is 106 Å². The van der Waals surface area contributed by atoms with Gasteiger partial charge in [-0.2, -0.15) is 0 Å². The molecule has 7 heteroatoms. The minimum Gasteiger partial charge on any atom is -0.507 e. The highest BCUT2D eigenvalue weighted by molar-refractivity contribution is 6.46. The molecule has 0 saturated carbocycles. The van der Waals surface area contributed by atoms with Gasteiger partial charge in [0.15, 0.2) is 0 Å². The van der Waals surface area contributed by atoms with Crippen LogP contribution in [0.1, 0.15) is 33.9 Å². The Hall–Kier alpha value is -3.61. The molecule has 1 unspecified atom stereocenters. The Morgan fingerprint density at radius 1 is 0.973 bits per heavy atom. The molecule has 1 heterocycles. The number of benzene rings is 3. The van der Waals surface area contributed by atoms with Gasteiger partial charge in [0.2, 0.25) is 0 Å². The molecule has 6 nitrogen and oxygen atoms in total. The monoisotopic (exact) mass is 520 g/mol. The maximum Gasteiger partial charge on any atom is 0.295 e. The molecule has 0 bridgehead atoms. The minimum atomic E-state index is -0.666. The van der Waals surface area contributed by atoms with Gasteiger partial charge in [-0.15, -0.1) is 12.4 Å². The van der Waals surface area contributed by atoms with Gasteiger partial charge < -0.3 is 19.6 Å². The summed E-state index contributed by atoms with van der Waals surface area (Å²) in [5.41, 5.74) is 4.29.